The van der Waals surface area contributed by atoms with Gasteiger partial charge in [0, 0.05) is 6.21 Å². The van der Waals surface area contributed by atoms with Crippen LogP contribution in [0.1, 0.15) is 36.2 Å². The fourth-order valence-electron chi connectivity index (χ4n) is 2.12. The van der Waals surface area contributed by atoms with Crippen LogP contribution in [0.15, 0.2) is 59.7 Å². The Morgan fingerprint density at radius 1 is 1.23 bits per heavy atom. The zero-order valence-corrected chi connectivity index (χ0v) is 15.1. The standard InChI is InChI=1S/C21H24N2O3/c1-16(2)12-14-26-18-10-11-20(24)19(15-18)21(25)23-22-13-6-9-17-7-4-3-5-8-17/h3-11,13,15-16,24H,12,14H2,1-2H3,(H,23,25)/b9-6+,22-13+. The summed E-state index contributed by atoms with van der Waals surface area (Å²) in [5.41, 5.74) is 3.55. The first-order valence-electron chi connectivity index (χ1n) is 8.57. The lowest BCUT2D eigenvalue weighted by Gasteiger charge is -2.10. The number of amides is 1. The molecule has 26 heavy (non-hydrogen) atoms. The first-order valence-corrected chi connectivity index (χ1v) is 8.57. The van der Waals surface area contributed by atoms with Gasteiger partial charge in [-0.25, -0.2) is 5.43 Å². The third kappa shape index (κ3) is 6.43. The molecule has 0 radical (unpaired) electrons. The number of rotatable bonds is 8. The van der Waals surface area contributed by atoms with Crippen molar-refractivity contribution in [2.24, 2.45) is 11.0 Å². The molecule has 0 saturated carbocycles. The van der Waals surface area contributed by atoms with Crippen LogP contribution in [-0.4, -0.2) is 23.8 Å². The van der Waals surface area contributed by atoms with Crippen LogP contribution >= 0.6 is 0 Å². The topological polar surface area (TPSA) is 70.9 Å². The molecule has 0 aliphatic rings. The monoisotopic (exact) mass is 352 g/mol. The first kappa shape index (κ1) is 19.2. The summed E-state index contributed by atoms with van der Waals surface area (Å²) in [6.07, 6.45) is 5.99. The molecule has 0 atom stereocenters. The average Bonchev–Trinajstić information content (AvgIpc) is 2.63. The van der Waals surface area contributed by atoms with Gasteiger partial charge in [-0.05, 0) is 42.2 Å². The molecule has 0 aliphatic heterocycles. The van der Waals surface area contributed by atoms with Gasteiger partial charge in [0.05, 0.1) is 12.2 Å². The molecule has 2 rings (SSSR count). The lowest BCUT2D eigenvalue weighted by molar-refractivity contribution is 0.0952. The van der Waals surface area contributed by atoms with Crippen LogP contribution in [0.2, 0.25) is 0 Å². The maximum atomic E-state index is 12.2. The van der Waals surface area contributed by atoms with Crippen molar-refractivity contribution < 1.29 is 14.6 Å². The number of nitrogens with one attached hydrogen (secondary N) is 1. The van der Waals surface area contributed by atoms with Gasteiger partial charge in [0.15, 0.2) is 0 Å². The quantitative estimate of drug-likeness (QED) is 0.551. The van der Waals surface area contributed by atoms with E-state index in [2.05, 4.69) is 24.4 Å². The average molecular weight is 352 g/mol. The molecule has 2 aromatic rings. The molecule has 2 N–H and O–H groups in total. The molecule has 0 aromatic heterocycles. The minimum absolute atomic E-state index is 0.117. The molecule has 5 nitrogen and oxygen atoms in total. The summed E-state index contributed by atoms with van der Waals surface area (Å²) < 4.78 is 5.61. The van der Waals surface area contributed by atoms with E-state index in [4.69, 9.17) is 4.74 Å². The molecule has 0 saturated heterocycles. The number of carbonyl (C=O) groups is 1. The third-order valence-electron chi connectivity index (χ3n) is 3.59. The highest BCUT2D eigenvalue weighted by Gasteiger charge is 2.12. The van der Waals surface area contributed by atoms with Crippen molar-refractivity contribution in [2.45, 2.75) is 20.3 Å². The van der Waals surface area contributed by atoms with E-state index in [0.717, 1.165) is 12.0 Å². The van der Waals surface area contributed by atoms with Crippen molar-refractivity contribution in [1.29, 1.82) is 0 Å². The molecule has 1 amide bonds. The van der Waals surface area contributed by atoms with E-state index in [-0.39, 0.29) is 11.3 Å². The third-order valence-corrected chi connectivity index (χ3v) is 3.59. The van der Waals surface area contributed by atoms with Crippen LogP contribution in [0.25, 0.3) is 6.08 Å². The highest BCUT2D eigenvalue weighted by molar-refractivity contribution is 5.97. The molecular weight excluding hydrogens is 328 g/mol. The van der Waals surface area contributed by atoms with Gasteiger partial charge in [-0.2, -0.15) is 5.10 Å². The van der Waals surface area contributed by atoms with Crippen LogP contribution in [0.3, 0.4) is 0 Å². The van der Waals surface area contributed by atoms with Gasteiger partial charge in [0.1, 0.15) is 11.5 Å². The fraction of sp³-hybridized carbons (Fsp3) is 0.238. The van der Waals surface area contributed by atoms with Crippen LogP contribution in [-0.2, 0) is 0 Å². The smallest absolute Gasteiger partial charge is 0.275 e. The molecule has 2 aromatic carbocycles. The molecule has 5 heteroatoms. The Labute approximate surface area is 154 Å². The molecular formula is C21H24N2O3. The van der Waals surface area contributed by atoms with Gasteiger partial charge in [-0.3, -0.25) is 4.79 Å². The molecule has 0 fully saturated rings. The number of hydrogen-bond acceptors (Lipinski definition) is 4. The van der Waals surface area contributed by atoms with Gasteiger partial charge in [0.2, 0.25) is 0 Å². The molecule has 0 heterocycles. The van der Waals surface area contributed by atoms with E-state index >= 15 is 0 Å². The molecule has 0 bridgehead atoms. The highest BCUT2D eigenvalue weighted by atomic mass is 16.5. The lowest BCUT2D eigenvalue weighted by Crippen LogP contribution is -2.17. The summed E-state index contributed by atoms with van der Waals surface area (Å²) in [4.78, 5) is 12.2. The van der Waals surface area contributed by atoms with Crippen molar-refractivity contribution in [2.75, 3.05) is 6.61 Å². The van der Waals surface area contributed by atoms with Crippen LogP contribution in [0, 0.1) is 5.92 Å². The largest absolute Gasteiger partial charge is 0.507 e. The fourth-order valence-corrected chi connectivity index (χ4v) is 2.12. The lowest BCUT2D eigenvalue weighted by atomic mass is 10.1. The number of benzene rings is 2. The summed E-state index contributed by atoms with van der Waals surface area (Å²) in [7, 11) is 0. The number of ether oxygens (including phenoxy) is 1. The second kappa shape index (κ2) is 10.0. The number of carbonyl (C=O) groups excluding carboxylic acids is 1. The van der Waals surface area contributed by atoms with Crippen LogP contribution < -0.4 is 10.2 Å². The number of hydrogen-bond donors (Lipinski definition) is 2. The van der Waals surface area contributed by atoms with Crippen molar-refractivity contribution in [3.05, 3.63) is 65.7 Å². The SMILES string of the molecule is CC(C)CCOc1ccc(O)c(C(=O)N/N=C/C=C/c2ccccc2)c1. The van der Waals surface area contributed by atoms with E-state index in [1.54, 1.807) is 12.1 Å². The number of allylic oxidation sites excluding steroid dienone is 1. The van der Waals surface area contributed by atoms with E-state index in [1.807, 2.05) is 36.4 Å². The summed E-state index contributed by atoms with van der Waals surface area (Å²) >= 11 is 0. The number of phenolic OH excluding ortho intramolecular Hbond substituents is 1. The summed E-state index contributed by atoms with van der Waals surface area (Å²) in [5, 5.41) is 13.7. The normalized spacial score (nSPS) is 11.3. The number of aromatic hydroxyl groups is 1. The van der Waals surface area contributed by atoms with Gasteiger partial charge >= 0.3 is 0 Å². The van der Waals surface area contributed by atoms with E-state index in [0.29, 0.717) is 18.3 Å². The molecule has 0 aliphatic carbocycles. The predicted octanol–water partition coefficient (Wildman–Crippen LogP) is 4.25. The Bertz CT molecular complexity index is 768. The predicted molar refractivity (Wildman–Crippen MR) is 104 cm³/mol. The Morgan fingerprint density at radius 2 is 2.00 bits per heavy atom. The molecule has 0 unspecified atom stereocenters. The number of hydrazone groups is 1. The highest BCUT2D eigenvalue weighted by Crippen LogP contribution is 2.23. The van der Waals surface area contributed by atoms with Crippen molar-refractivity contribution in [1.82, 2.24) is 5.43 Å². The maximum Gasteiger partial charge on any atom is 0.275 e. The second-order valence-electron chi connectivity index (χ2n) is 6.20. The summed E-state index contributed by atoms with van der Waals surface area (Å²) in [5.74, 6) is 0.463. The number of nitrogens with zero attached hydrogens (tertiary/aromatic N) is 1. The van der Waals surface area contributed by atoms with Crippen LogP contribution in [0.4, 0.5) is 0 Å². The molecule has 136 valence electrons. The Hall–Kier alpha value is -3.08. The van der Waals surface area contributed by atoms with Crippen molar-refractivity contribution in [3.8, 4) is 11.5 Å². The minimum Gasteiger partial charge on any atom is -0.507 e. The van der Waals surface area contributed by atoms with Gasteiger partial charge in [0.25, 0.3) is 5.91 Å². The zero-order chi connectivity index (χ0) is 18.8. The van der Waals surface area contributed by atoms with Gasteiger partial charge in [-0.15, -0.1) is 0 Å². The van der Waals surface area contributed by atoms with E-state index in [1.165, 1.54) is 18.3 Å². The van der Waals surface area contributed by atoms with E-state index in [9.17, 15) is 9.90 Å². The van der Waals surface area contributed by atoms with Crippen molar-refractivity contribution >= 4 is 18.2 Å². The Morgan fingerprint density at radius 3 is 2.73 bits per heavy atom. The van der Waals surface area contributed by atoms with Crippen molar-refractivity contribution in [3.63, 3.8) is 0 Å². The van der Waals surface area contributed by atoms with Gasteiger partial charge < -0.3 is 9.84 Å². The Kier molecular flexibility index (Phi) is 7.43. The first-order chi connectivity index (χ1) is 12.6. The molecule has 0 spiro atoms. The Balaban J connectivity index is 1.91. The number of phenols is 1. The second-order valence-corrected chi connectivity index (χ2v) is 6.20. The van der Waals surface area contributed by atoms with Crippen LogP contribution in [0.5, 0.6) is 11.5 Å². The zero-order valence-electron chi connectivity index (χ0n) is 15.1. The maximum absolute atomic E-state index is 12.2. The summed E-state index contributed by atoms with van der Waals surface area (Å²) in [6.45, 7) is 4.79. The summed E-state index contributed by atoms with van der Waals surface area (Å²) in [6, 6.07) is 14.3. The minimum atomic E-state index is -0.499. The van der Waals surface area contributed by atoms with Gasteiger partial charge in [-0.1, -0.05) is 50.3 Å². The van der Waals surface area contributed by atoms with E-state index < -0.39 is 5.91 Å².